The number of rotatable bonds is 0. The minimum atomic E-state index is 0.880. The van der Waals surface area contributed by atoms with Crippen molar-refractivity contribution in [3.63, 3.8) is 0 Å². The first kappa shape index (κ1) is 12.3. The SMILES string of the molecule is CC1=C\CCCC(C)CC/C(C)=C/C=C\1. The Bertz CT molecular complexity index is 266. The smallest absolute Gasteiger partial charge is 0.0317 e. The van der Waals surface area contributed by atoms with E-state index in [0.717, 1.165) is 5.92 Å². The van der Waals surface area contributed by atoms with Crippen molar-refractivity contribution >= 4 is 0 Å². The highest BCUT2D eigenvalue weighted by Gasteiger charge is 2.02. The second kappa shape index (κ2) is 6.66. The summed E-state index contributed by atoms with van der Waals surface area (Å²) >= 11 is 0. The van der Waals surface area contributed by atoms with Gasteiger partial charge in [0.2, 0.25) is 0 Å². The number of hydrogen-bond donors (Lipinski definition) is 0. The van der Waals surface area contributed by atoms with Crippen molar-refractivity contribution < 1.29 is 0 Å². The van der Waals surface area contributed by atoms with Crippen LogP contribution in [0.1, 0.15) is 52.9 Å². The minimum absolute atomic E-state index is 0.880. The van der Waals surface area contributed by atoms with Crippen LogP contribution in [0.15, 0.2) is 35.5 Å². The molecule has 1 aliphatic rings. The van der Waals surface area contributed by atoms with E-state index >= 15 is 0 Å². The molecule has 0 N–H and O–H groups in total. The van der Waals surface area contributed by atoms with Crippen LogP contribution in [-0.4, -0.2) is 0 Å². The van der Waals surface area contributed by atoms with Crippen LogP contribution in [0.4, 0.5) is 0 Å². The van der Waals surface area contributed by atoms with E-state index in [1.54, 1.807) is 0 Å². The summed E-state index contributed by atoms with van der Waals surface area (Å²) in [7, 11) is 0. The molecule has 0 aromatic rings. The van der Waals surface area contributed by atoms with Gasteiger partial charge in [0.05, 0.1) is 0 Å². The van der Waals surface area contributed by atoms with Gasteiger partial charge in [0.15, 0.2) is 0 Å². The Balaban J connectivity index is 2.64. The highest BCUT2D eigenvalue weighted by molar-refractivity contribution is 5.22. The van der Waals surface area contributed by atoms with Gasteiger partial charge in [0, 0.05) is 0 Å². The Kier molecular flexibility index (Phi) is 5.45. The zero-order valence-electron chi connectivity index (χ0n) is 10.4. The van der Waals surface area contributed by atoms with Crippen LogP contribution >= 0.6 is 0 Å². The quantitative estimate of drug-likeness (QED) is 0.519. The summed E-state index contributed by atoms with van der Waals surface area (Å²) < 4.78 is 0. The Hall–Kier alpha value is -0.780. The second-order valence-electron chi connectivity index (χ2n) is 4.90. The Labute approximate surface area is 94.8 Å². The van der Waals surface area contributed by atoms with Gasteiger partial charge in [-0.15, -0.1) is 0 Å². The van der Waals surface area contributed by atoms with E-state index in [1.165, 1.54) is 43.3 Å². The molecule has 0 saturated heterocycles. The van der Waals surface area contributed by atoms with Crippen molar-refractivity contribution in [2.75, 3.05) is 0 Å². The minimum Gasteiger partial charge on any atom is -0.0816 e. The third-order valence-electron chi connectivity index (χ3n) is 3.14. The summed E-state index contributed by atoms with van der Waals surface area (Å²) in [6.45, 7) is 6.81. The molecule has 84 valence electrons. The predicted molar refractivity (Wildman–Crippen MR) is 68.9 cm³/mol. The lowest BCUT2D eigenvalue weighted by Gasteiger charge is -2.11. The van der Waals surface area contributed by atoms with Gasteiger partial charge in [-0.25, -0.2) is 0 Å². The second-order valence-corrected chi connectivity index (χ2v) is 4.90. The zero-order chi connectivity index (χ0) is 11.1. The van der Waals surface area contributed by atoms with E-state index in [0.29, 0.717) is 0 Å². The van der Waals surface area contributed by atoms with Gasteiger partial charge in [0.25, 0.3) is 0 Å². The van der Waals surface area contributed by atoms with E-state index < -0.39 is 0 Å². The van der Waals surface area contributed by atoms with Crippen molar-refractivity contribution in [1.29, 1.82) is 0 Å². The fourth-order valence-electron chi connectivity index (χ4n) is 1.93. The molecule has 0 bridgehead atoms. The lowest BCUT2D eigenvalue weighted by molar-refractivity contribution is 0.476. The van der Waals surface area contributed by atoms with Crippen molar-refractivity contribution in [2.24, 2.45) is 5.92 Å². The molecule has 0 saturated carbocycles. The largest absolute Gasteiger partial charge is 0.0816 e. The van der Waals surface area contributed by atoms with E-state index in [-0.39, 0.29) is 0 Å². The number of hydrogen-bond acceptors (Lipinski definition) is 0. The van der Waals surface area contributed by atoms with Crippen molar-refractivity contribution in [3.05, 3.63) is 35.5 Å². The Morgan fingerprint density at radius 3 is 2.80 bits per heavy atom. The van der Waals surface area contributed by atoms with E-state index in [1.807, 2.05) is 0 Å². The normalized spacial score (nSPS) is 33.9. The van der Waals surface area contributed by atoms with E-state index in [4.69, 9.17) is 0 Å². The Morgan fingerprint density at radius 2 is 2.00 bits per heavy atom. The molecule has 0 nitrogen and oxygen atoms in total. The maximum Gasteiger partial charge on any atom is -0.0317 e. The molecule has 0 spiro atoms. The van der Waals surface area contributed by atoms with Gasteiger partial charge in [-0.3, -0.25) is 0 Å². The van der Waals surface area contributed by atoms with E-state index in [9.17, 15) is 0 Å². The third kappa shape index (κ3) is 5.61. The molecule has 0 heterocycles. The van der Waals surface area contributed by atoms with Crippen LogP contribution in [0.25, 0.3) is 0 Å². The lowest BCUT2D eigenvalue weighted by Crippen LogP contribution is -1.95. The summed E-state index contributed by atoms with van der Waals surface area (Å²) in [5, 5.41) is 0. The fraction of sp³-hybridized carbons (Fsp3) is 0.600. The van der Waals surface area contributed by atoms with Crippen molar-refractivity contribution in [1.82, 2.24) is 0 Å². The summed E-state index contributed by atoms with van der Waals surface area (Å²) in [5.41, 5.74) is 2.90. The maximum absolute atomic E-state index is 2.38. The van der Waals surface area contributed by atoms with E-state index in [2.05, 4.69) is 45.1 Å². The molecule has 1 atom stereocenters. The molecule has 1 rings (SSSR count). The van der Waals surface area contributed by atoms with Crippen LogP contribution in [0, 0.1) is 5.92 Å². The predicted octanol–water partition coefficient (Wildman–Crippen LogP) is 5.04. The molecule has 0 heteroatoms. The first-order valence-electron chi connectivity index (χ1n) is 6.19. The zero-order valence-corrected chi connectivity index (χ0v) is 10.4. The summed E-state index contributed by atoms with van der Waals surface area (Å²) in [4.78, 5) is 0. The summed E-state index contributed by atoms with van der Waals surface area (Å²) in [6, 6.07) is 0. The van der Waals surface area contributed by atoms with Crippen molar-refractivity contribution in [3.8, 4) is 0 Å². The van der Waals surface area contributed by atoms with Gasteiger partial charge in [-0.1, -0.05) is 48.8 Å². The first-order chi connectivity index (χ1) is 7.18. The standard InChI is InChI=1S/C15H24/c1-13-7-4-5-8-14(2)11-12-15(3)10-6-9-13/h6-7,9-10,14H,4-5,8,11-12H2,1-3H3/b9-6-,13-7+,15-10+. The molecule has 15 heavy (non-hydrogen) atoms. The average Bonchev–Trinajstić information content (AvgIpc) is 2.20. The molecule has 1 aliphatic carbocycles. The molecule has 0 radical (unpaired) electrons. The number of allylic oxidation sites excluding steroid dienone is 6. The summed E-state index contributed by atoms with van der Waals surface area (Å²) in [6.07, 6.45) is 15.6. The van der Waals surface area contributed by atoms with Crippen LogP contribution in [0.2, 0.25) is 0 Å². The molecular weight excluding hydrogens is 180 g/mol. The highest BCUT2D eigenvalue weighted by atomic mass is 14.1. The monoisotopic (exact) mass is 204 g/mol. The van der Waals surface area contributed by atoms with Gasteiger partial charge >= 0.3 is 0 Å². The van der Waals surface area contributed by atoms with Gasteiger partial charge in [-0.2, -0.15) is 0 Å². The molecule has 0 aromatic heterocycles. The molecule has 0 amide bonds. The van der Waals surface area contributed by atoms with Crippen LogP contribution < -0.4 is 0 Å². The van der Waals surface area contributed by atoms with Gasteiger partial charge in [0.1, 0.15) is 0 Å². The summed E-state index contributed by atoms with van der Waals surface area (Å²) in [5.74, 6) is 0.880. The molecule has 1 unspecified atom stereocenters. The topological polar surface area (TPSA) is 0 Å². The van der Waals surface area contributed by atoms with Gasteiger partial charge in [-0.05, 0) is 45.4 Å². The maximum atomic E-state index is 2.38. The first-order valence-corrected chi connectivity index (χ1v) is 6.19. The third-order valence-corrected chi connectivity index (χ3v) is 3.14. The fourth-order valence-corrected chi connectivity index (χ4v) is 1.93. The van der Waals surface area contributed by atoms with Crippen LogP contribution in [-0.2, 0) is 0 Å². The van der Waals surface area contributed by atoms with Crippen LogP contribution in [0.5, 0.6) is 0 Å². The highest BCUT2D eigenvalue weighted by Crippen LogP contribution is 2.18. The molecular formula is C15H24. The molecule has 0 aliphatic heterocycles. The average molecular weight is 204 g/mol. The van der Waals surface area contributed by atoms with Crippen molar-refractivity contribution in [2.45, 2.75) is 52.9 Å². The Morgan fingerprint density at radius 1 is 1.20 bits per heavy atom. The van der Waals surface area contributed by atoms with Gasteiger partial charge < -0.3 is 0 Å². The molecule has 0 aromatic carbocycles. The van der Waals surface area contributed by atoms with Crippen LogP contribution in [0.3, 0.4) is 0 Å². The molecule has 0 fully saturated rings. The lowest BCUT2D eigenvalue weighted by atomic mass is 9.95.